The lowest BCUT2D eigenvalue weighted by molar-refractivity contribution is -0.132. The van der Waals surface area contributed by atoms with Crippen molar-refractivity contribution in [3.8, 4) is 11.5 Å². The van der Waals surface area contributed by atoms with Gasteiger partial charge >= 0.3 is 0 Å². The van der Waals surface area contributed by atoms with E-state index in [9.17, 15) is 14.4 Å². The van der Waals surface area contributed by atoms with Crippen LogP contribution in [0.5, 0.6) is 11.5 Å². The Labute approximate surface area is 177 Å². The summed E-state index contributed by atoms with van der Waals surface area (Å²) in [7, 11) is 1.63. The van der Waals surface area contributed by atoms with Crippen LogP contribution in [0.1, 0.15) is 32.8 Å². The van der Waals surface area contributed by atoms with Crippen LogP contribution in [0.25, 0.3) is 0 Å². The van der Waals surface area contributed by atoms with Crippen molar-refractivity contribution in [1.29, 1.82) is 0 Å². The van der Waals surface area contributed by atoms with Gasteiger partial charge in [0.05, 0.1) is 18.7 Å². The highest BCUT2D eigenvalue weighted by Crippen LogP contribution is 2.39. The Morgan fingerprint density at radius 1 is 1.20 bits per heavy atom. The number of carbonyl (C=O) groups is 3. The quantitative estimate of drug-likeness (QED) is 0.810. The molecule has 156 valence electrons. The first-order valence-electron chi connectivity index (χ1n) is 9.86. The molecule has 1 N–H and O–H groups in total. The molecule has 0 atom stereocenters. The van der Waals surface area contributed by atoms with E-state index in [1.165, 1.54) is 16.2 Å². The molecule has 8 nitrogen and oxygen atoms in total. The Morgan fingerprint density at radius 3 is 2.90 bits per heavy atom. The number of thiophene rings is 1. The number of fused-ring (bicyclic) bond motifs is 4. The number of carbonyl (C=O) groups excluding carboxylic acids is 3. The number of likely N-dealkylation sites (N-methyl/N-ethyl adjacent to an activating group) is 1. The highest BCUT2D eigenvalue weighted by Gasteiger charge is 2.33. The first-order valence-corrected chi connectivity index (χ1v) is 10.7. The van der Waals surface area contributed by atoms with Gasteiger partial charge in [-0.1, -0.05) is 6.07 Å². The summed E-state index contributed by atoms with van der Waals surface area (Å²) in [6.07, 6.45) is 1.64. The van der Waals surface area contributed by atoms with E-state index >= 15 is 0 Å². The van der Waals surface area contributed by atoms with Crippen LogP contribution in [-0.2, 0) is 29.0 Å². The summed E-state index contributed by atoms with van der Waals surface area (Å²) < 4.78 is 10.7. The van der Waals surface area contributed by atoms with Crippen molar-refractivity contribution in [1.82, 2.24) is 9.80 Å². The lowest BCUT2D eigenvalue weighted by atomic mass is 10.0. The van der Waals surface area contributed by atoms with Gasteiger partial charge in [-0.2, -0.15) is 0 Å². The summed E-state index contributed by atoms with van der Waals surface area (Å²) in [5.41, 5.74) is 2.59. The molecule has 3 aliphatic heterocycles. The van der Waals surface area contributed by atoms with Crippen LogP contribution < -0.4 is 14.8 Å². The van der Waals surface area contributed by atoms with Gasteiger partial charge < -0.3 is 24.6 Å². The second-order valence-electron chi connectivity index (χ2n) is 7.67. The number of ether oxygens (including phenoxy) is 2. The Kier molecular flexibility index (Phi) is 4.62. The molecule has 0 unspecified atom stereocenters. The highest BCUT2D eigenvalue weighted by molar-refractivity contribution is 7.17. The zero-order chi connectivity index (χ0) is 20.8. The number of anilines is 1. The van der Waals surface area contributed by atoms with Crippen LogP contribution in [0.4, 0.5) is 5.00 Å². The van der Waals surface area contributed by atoms with Gasteiger partial charge in [0.2, 0.25) is 18.6 Å². The molecule has 1 aromatic heterocycles. The van der Waals surface area contributed by atoms with Gasteiger partial charge in [0.1, 0.15) is 5.00 Å². The molecule has 4 heterocycles. The molecule has 0 saturated heterocycles. The topological polar surface area (TPSA) is 88.2 Å². The number of hydrogen-bond acceptors (Lipinski definition) is 6. The van der Waals surface area contributed by atoms with Crippen LogP contribution in [0.3, 0.4) is 0 Å². The molecule has 0 fully saturated rings. The molecule has 0 aliphatic carbocycles. The fourth-order valence-electron chi connectivity index (χ4n) is 4.08. The maximum atomic E-state index is 12.8. The van der Waals surface area contributed by atoms with Crippen molar-refractivity contribution < 1.29 is 23.9 Å². The van der Waals surface area contributed by atoms with Gasteiger partial charge in [0.15, 0.2) is 11.5 Å². The van der Waals surface area contributed by atoms with Gasteiger partial charge in [0, 0.05) is 24.9 Å². The molecule has 3 aliphatic rings. The second-order valence-corrected chi connectivity index (χ2v) is 8.78. The summed E-state index contributed by atoms with van der Waals surface area (Å²) in [6.45, 7) is 1.33. The average Bonchev–Trinajstić information content (AvgIpc) is 3.31. The predicted octanol–water partition coefficient (Wildman–Crippen LogP) is 2.02. The van der Waals surface area contributed by atoms with Crippen molar-refractivity contribution in [3.05, 3.63) is 39.8 Å². The Hall–Kier alpha value is -3.07. The summed E-state index contributed by atoms with van der Waals surface area (Å²) in [6, 6.07) is 5.75. The van der Waals surface area contributed by atoms with Crippen LogP contribution in [0.15, 0.2) is 18.2 Å². The number of hydrogen-bond donors (Lipinski definition) is 1. The van der Waals surface area contributed by atoms with Gasteiger partial charge in [0.25, 0.3) is 5.91 Å². The molecule has 0 radical (unpaired) electrons. The fourth-order valence-corrected chi connectivity index (χ4v) is 5.35. The van der Waals surface area contributed by atoms with E-state index in [-0.39, 0.29) is 31.1 Å². The smallest absolute Gasteiger partial charge is 0.257 e. The lowest BCUT2D eigenvalue weighted by Crippen LogP contribution is -2.36. The van der Waals surface area contributed by atoms with Crippen LogP contribution in [0, 0.1) is 0 Å². The first-order chi connectivity index (χ1) is 14.5. The van der Waals surface area contributed by atoms with Crippen molar-refractivity contribution in [2.24, 2.45) is 0 Å². The molecule has 3 amide bonds. The van der Waals surface area contributed by atoms with E-state index < -0.39 is 0 Å². The van der Waals surface area contributed by atoms with E-state index in [2.05, 4.69) is 5.32 Å². The molecule has 0 bridgehead atoms. The number of nitrogens with one attached hydrogen (secondary N) is 1. The zero-order valence-corrected chi connectivity index (χ0v) is 17.3. The lowest BCUT2D eigenvalue weighted by Gasteiger charge is -2.27. The first kappa shape index (κ1) is 18.9. The zero-order valence-electron chi connectivity index (χ0n) is 16.5. The summed E-state index contributed by atoms with van der Waals surface area (Å²) in [4.78, 5) is 41.8. The molecule has 1 aromatic carbocycles. The third-order valence-electron chi connectivity index (χ3n) is 5.67. The Morgan fingerprint density at radius 2 is 2.03 bits per heavy atom. The molecule has 0 saturated carbocycles. The van der Waals surface area contributed by atoms with Crippen molar-refractivity contribution in [3.63, 3.8) is 0 Å². The van der Waals surface area contributed by atoms with Gasteiger partial charge in [-0.25, -0.2) is 0 Å². The van der Waals surface area contributed by atoms with E-state index in [1.807, 2.05) is 23.1 Å². The standard InChI is InChI=1S/C21H21N3O5S/c1-23-10-17(25)22-20-19(21(23)27)13-6-7-24(9-16(13)30-20)18(26)5-3-12-2-4-14-15(8-12)29-11-28-14/h2,4,8H,3,5-7,9-11H2,1H3,(H,22,25). The summed E-state index contributed by atoms with van der Waals surface area (Å²) in [5, 5.41) is 3.45. The molecular weight excluding hydrogens is 406 g/mol. The monoisotopic (exact) mass is 427 g/mol. The minimum absolute atomic E-state index is 0.0550. The highest BCUT2D eigenvalue weighted by atomic mass is 32.1. The van der Waals surface area contributed by atoms with Crippen molar-refractivity contribution >= 4 is 34.1 Å². The van der Waals surface area contributed by atoms with Crippen molar-refractivity contribution in [2.75, 3.05) is 32.2 Å². The van der Waals surface area contributed by atoms with Gasteiger partial charge in [-0.3, -0.25) is 14.4 Å². The molecule has 2 aromatic rings. The number of rotatable bonds is 3. The third kappa shape index (κ3) is 3.28. The second kappa shape index (κ2) is 7.32. The van der Waals surface area contributed by atoms with Crippen LogP contribution in [-0.4, -0.2) is 54.5 Å². The van der Waals surface area contributed by atoms with E-state index in [4.69, 9.17) is 9.47 Å². The Bertz CT molecular complexity index is 1060. The largest absolute Gasteiger partial charge is 0.454 e. The summed E-state index contributed by atoms with van der Waals surface area (Å²) >= 11 is 1.41. The summed E-state index contributed by atoms with van der Waals surface area (Å²) in [5.74, 6) is 1.20. The van der Waals surface area contributed by atoms with Gasteiger partial charge in [-0.15, -0.1) is 11.3 Å². The molecule has 5 rings (SSSR count). The van der Waals surface area contributed by atoms with Crippen molar-refractivity contribution in [2.45, 2.75) is 25.8 Å². The number of amides is 3. The SMILES string of the molecule is CN1CC(=O)Nc2sc3c(c2C1=O)CCN(C(=O)CCc1ccc2c(c1)OCO2)C3. The third-order valence-corrected chi connectivity index (χ3v) is 6.80. The predicted molar refractivity (Wildman–Crippen MR) is 110 cm³/mol. The molecular formula is C21H21N3O5S. The van der Waals surface area contributed by atoms with Crippen LogP contribution >= 0.6 is 11.3 Å². The van der Waals surface area contributed by atoms with E-state index in [0.717, 1.165) is 27.5 Å². The number of aryl methyl sites for hydroxylation is 1. The van der Waals surface area contributed by atoms with E-state index in [0.29, 0.717) is 42.9 Å². The molecule has 9 heteroatoms. The average molecular weight is 427 g/mol. The normalized spacial score (nSPS) is 17.4. The maximum absolute atomic E-state index is 12.8. The fraction of sp³-hybridized carbons (Fsp3) is 0.381. The number of benzene rings is 1. The Balaban J connectivity index is 1.28. The van der Waals surface area contributed by atoms with E-state index in [1.54, 1.807) is 7.05 Å². The molecule has 30 heavy (non-hydrogen) atoms. The number of nitrogens with zero attached hydrogens (tertiary/aromatic N) is 2. The minimum Gasteiger partial charge on any atom is -0.454 e. The van der Waals surface area contributed by atoms with Crippen LogP contribution in [0.2, 0.25) is 0 Å². The minimum atomic E-state index is -0.195. The molecule has 0 spiro atoms. The maximum Gasteiger partial charge on any atom is 0.257 e. The van der Waals surface area contributed by atoms with Gasteiger partial charge in [-0.05, 0) is 36.1 Å².